The first kappa shape index (κ1) is 17.0. The van der Waals surface area contributed by atoms with Gasteiger partial charge in [0.15, 0.2) is 0 Å². The first-order valence-electron chi connectivity index (χ1n) is 8.80. The van der Waals surface area contributed by atoms with Crippen molar-refractivity contribution < 1.29 is 9.59 Å². The van der Waals surface area contributed by atoms with Gasteiger partial charge in [-0.15, -0.1) is 0 Å². The molecule has 0 aliphatic carbocycles. The van der Waals surface area contributed by atoms with Gasteiger partial charge in [-0.05, 0) is 24.3 Å². The van der Waals surface area contributed by atoms with Crippen LogP contribution in [0.15, 0.2) is 54.9 Å². The Morgan fingerprint density at radius 2 is 1.81 bits per heavy atom. The van der Waals surface area contributed by atoms with Gasteiger partial charge in [0.1, 0.15) is 5.69 Å². The predicted molar refractivity (Wildman–Crippen MR) is 104 cm³/mol. The van der Waals surface area contributed by atoms with E-state index < -0.39 is 0 Å². The minimum Gasteiger partial charge on any atom is -0.367 e. The molecule has 7 heteroatoms. The second-order valence-electron chi connectivity index (χ2n) is 6.36. The lowest BCUT2D eigenvalue weighted by Crippen LogP contribution is -2.45. The number of pyridine rings is 2. The molecule has 3 aromatic rings. The number of anilines is 2. The molecule has 1 aliphatic rings. The molecule has 2 aromatic heterocycles. The van der Waals surface area contributed by atoms with Crippen molar-refractivity contribution in [3.05, 3.63) is 60.6 Å². The molecule has 136 valence electrons. The van der Waals surface area contributed by atoms with Gasteiger partial charge in [0, 0.05) is 37.8 Å². The first-order valence-corrected chi connectivity index (χ1v) is 8.80. The molecule has 0 radical (unpaired) electrons. The Balaban J connectivity index is 1.47. The summed E-state index contributed by atoms with van der Waals surface area (Å²) in [6.45, 7) is 2.90. The summed E-state index contributed by atoms with van der Waals surface area (Å²) in [4.78, 5) is 35.9. The quantitative estimate of drug-likeness (QED) is 0.721. The number of rotatable bonds is 4. The summed E-state index contributed by atoms with van der Waals surface area (Å²) in [5, 5.41) is 3.86. The van der Waals surface area contributed by atoms with Crippen LogP contribution in [0.4, 0.5) is 11.4 Å². The molecule has 7 nitrogen and oxygen atoms in total. The van der Waals surface area contributed by atoms with E-state index in [9.17, 15) is 9.59 Å². The van der Waals surface area contributed by atoms with Crippen LogP contribution in [-0.2, 0) is 4.79 Å². The molecule has 1 aromatic carbocycles. The van der Waals surface area contributed by atoms with Gasteiger partial charge in [-0.2, -0.15) is 0 Å². The maximum Gasteiger partial charge on any atom is 0.274 e. The lowest BCUT2D eigenvalue weighted by atomic mass is 10.2. The van der Waals surface area contributed by atoms with Crippen LogP contribution >= 0.6 is 0 Å². The number of fused-ring (bicyclic) bond motifs is 1. The van der Waals surface area contributed by atoms with Crippen molar-refractivity contribution in [2.75, 3.05) is 36.4 Å². The minimum absolute atomic E-state index is 0.273. The van der Waals surface area contributed by atoms with Gasteiger partial charge in [0.25, 0.3) is 5.91 Å². The maximum absolute atomic E-state index is 12.6. The van der Waals surface area contributed by atoms with Crippen LogP contribution in [0.2, 0.25) is 0 Å². The normalized spacial score (nSPS) is 14.2. The Labute approximate surface area is 156 Å². The van der Waals surface area contributed by atoms with Crippen molar-refractivity contribution in [1.29, 1.82) is 0 Å². The number of para-hydroxylation sites is 1. The molecule has 0 bridgehead atoms. The zero-order valence-electron chi connectivity index (χ0n) is 14.7. The van der Waals surface area contributed by atoms with Gasteiger partial charge in [-0.3, -0.25) is 14.6 Å². The highest BCUT2D eigenvalue weighted by molar-refractivity contribution is 6.07. The van der Waals surface area contributed by atoms with Gasteiger partial charge in [-0.25, -0.2) is 4.98 Å². The fraction of sp³-hybridized carbons (Fsp3) is 0.200. The number of benzene rings is 1. The molecule has 1 fully saturated rings. The fourth-order valence-corrected chi connectivity index (χ4v) is 3.18. The zero-order valence-corrected chi connectivity index (χ0v) is 14.7. The maximum atomic E-state index is 12.6. The molecule has 1 saturated heterocycles. The minimum atomic E-state index is -0.273. The Kier molecular flexibility index (Phi) is 4.65. The number of amides is 2. The monoisotopic (exact) mass is 361 g/mol. The number of aromatic nitrogens is 2. The number of carbonyl (C=O) groups excluding carboxylic acids is 2. The van der Waals surface area contributed by atoms with E-state index >= 15 is 0 Å². The van der Waals surface area contributed by atoms with E-state index in [1.165, 1.54) is 0 Å². The molecule has 0 spiro atoms. The third-order valence-electron chi connectivity index (χ3n) is 4.69. The molecular weight excluding hydrogens is 342 g/mol. The van der Waals surface area contributed by atoms with E-state index in [1.54, 1.807) is 23.4 Å². The Morgan fingerprint density at radius 3 is 2.56 bits per heavy atom. The standard InChI is InChI=1S/C20H19N5O2/c26-14-24-9-11-25(12-10-24)16-6-7-18(22-13-16)20(27)23-17-5-1-3-15-4-2-8-21-19(15)17/h1-8,13-14H,9-12H2,(H,23,27). The molecule has 1 N–H and O–H groups in total. The molecule has 0 unspecified atom stereocenters. The first-order chi connectivity index (χ1) is 13.2. The highest BCUT2D eigenvalue weighted by Gasteiger charge is 2.17. The van der Waals surface area contributed by atoms with Gasteiger partial charge in [0.05, 0.1) is 23.1 Å². The lowest BCUT2D eigenvalue weighted by molar-refractivity contribution is -0.118. The number of carbonyl (C=O) groups is 2. The van der Waals surface area contributed by atoms with Crippen molar-refractivity contribution in [3.63, 3.8) is 0 Å². The highest BCUT2D eigenvalue weighted by atomic mass is 16.2. The van der Waals surface area contributed by atoms with Gasteiger partial charge in [-0.1, -0.05) is 18.2 Å². The average Bonchev–Trinajstić information content (AvgIpc) is 2.74. The topological polar surface area (TPSA) is 78.4 Å². The van der Waals surface area contributed by atoms with Crippen LogP contribution in [0.1, 0.15) is 10.5 Å². The van der Waals surface area contributed by atoms with Gasteiger partial charge < -0.3 is 15.1 Å². The SMILES string of the molecule is O=CN1CCN(c2ccc(C(=O)Nc3cccc4cccnc34)nc2)CC1. The number of hydrogen-bond donors (Lipinski definition) is 1. The number of hydrogen-bond acceptors (Lipinski definition) is 5. The Morgan fingerprint density at radius 1 is 1.00 bits per heavy atom. The van der Waals surface area contributed by atoms with E-state index in [0.29, 0.717) is 24.5 Å². The van der Waals surface area contributed by atoms with Crippen LogP contribution in [-0.4, -0.2) is 53.4 Å². The second kappa shape index (κ2) is 7.41. The predicted octanol–water partition coefficient (Wildman–Crippen LogP) is 2.16. The van der Waals surface area contributed by atoms with Crippen LogP contribution in [0, 0.1) is 0 Å². The smallest absolute Gasteiger partial charge is 0.274 e. The Bertz CT molecular complexity index is 960. The van der Waals surface area contributed by atoms with Crippen LogP contribution < -0.4 is 10.2 Å². The van der Waals surface area contributed by atoms with E-state index in [2.05, 4.69) is 20.2 Å². The Hall–Kier alpha value is -3.48. The van der Waals surface area contributed by atoms with Crippen molar-refractivity contribution in [2.24, 2.45) is 0 Å². The van der Waals surface area contributed by atoms with E-state index in [4.69, 9.17) is 0 Å². The summed E-state index contributed by atoms with van der Waals surface area (Å²) in [7, 11) is 0. The average molecular weight is 361 g/mol. The van der Waals surface area contributed by atoms with Crippen LogP contribution in [0.25, 0.3) is 10.9 Å². The number of nitrogens with one attached hydrogen (secondary N) is 1. The fourth-order valence-electron chi connectivity index (χ4n) is 3.18. The van der Waals surface area contributed by atoms with E-state index in [1.807, 2.05) is 36.4 Å². The molecule has 0 saturated carbocycles. The van der Waals surface area contributed by atoms with Crippen LogP contribution in [0.5, 0.6) is 0 Å². The third kappa shape index (κ3) is 3.57. The molecule has 0 atom stereocenters. The van der Waals surface area contributed by atoms with E-state index in [0.717, 1.165) is 36.1 Å². The van der Waals surface area contributed by atoms with Crippen molar-refractivity contribution in [2.45, 2.75) is 0 Å². The van der Waals surface area contributed by atoms with Crippen molar-refractivity contribution >= 4 is 34.6 Å². The van der Waals surface area contributed by atoms with Crippen LogP contribution in [0.3, 0.4) is 0 Å². The van der Waals surface area contributed by atoms with Gasteiger partial charge in [0.2, 0.25) is 6.41 Å². The van der Waals surface area contributed by atoms with Crippen molar-refractivity contribution in [1.82, 2.24) is 14.9 Å². The summed E-state index contributed by atoms with van der Waals surface area (Å²) < 4.78 is 0. The zero-order chi connectivity index (χ0) is 18.6. The van der Waals surface area contributed by atoms with Gasteiger partial charge >= 0.3 is 0 Å². The third-order valence-corrected chi connectivity index (χ3v) is 4.69. The summed E-state index contributed by atoms with van der Waals surface area (Å²) in [5.41, 5.74) is 2.70. The molecule has 3 heterocycles. The summed E-state index contributed by atoms with van der Waals surface area (Å²) in [6, 6.07) is 13.1. The lowest BCUT2D eigenvalue weighted by Gasteiger charge is -2.33. The largest absolute Gasteiger partial charge is 0.367 e. The number of piperazine rings is 1. The summed E-state index contributed by atoms with van der Waals surface area (Å²) in [6.07, 6.45) is 4.29. The van der Waals surface area contributed by atoms with E-state index in [-0.39, 0.29) is 5.91 Å². The number of nitrogens with zero attached hydrogens (tertiary/aromatic N) is 4. The molecule has 4 rings (SSSR count). The summed E-state index contributed by atoms with van der Waals surface area (Å²) >= 11 is 0. The second-order valence-corrected chi connectivity index (χ2v) is 6.36. The molecular formula is C20H19N5O2. The molecule has 1 aliphatic heterocycles. The highest BCUT2D eigenvalue weighted by Crippen LogP contribution is 2.21. The molecule has 27 heavy (non-hydrogen) atoms. The molecule has 2 amide bonds. The van der Waals surface area contributed by atoms with Crippen molar-refractivity contribution in [3.8, 4) is 0 Å². The summed E-state index contributed by atoms with van der Waals surface area (Å²) in [5.74, 6) is -0.273.